The van der Waals surface area contributed by atoms with Crippen molar-refractivity contribution in [3.8, 4) is 0 Å². The van der Waals surface area contributed by atoms with E-state index >= 15 is 0 Å². The molecule has 3 aromatic rings. The molecule has 5 heteroatoms. The molecule has 0 saturated heterocycles. The number of nitrogens with one attached hydrogen (secondary N) is 1. The normalized spacial score (nSPS) is 12.7. The maximum atomic E-state index is 5.76. The zero-order valence-corrected chi connectivity index (χ0v) is 13.9. The number of nitrogens with zero attached hydrogens (tertiary/aromatic N) is 2. The molecule has 2 aromatic carbocycles. The second kappa shape index (κ2) is 6.13. The predicted octanol–water partition coefficient (Wildman–Crippen LogP) is 2.93. The highest BCUT2D eigenvalue weighted by molar-refractivity contribution is 14.1. The van der Waals surface area contributed by atoms with Crippen LogP contribution in [0.5, 0.6) is 0 Å². The first-order chi connectivity index (χ1) is 10.2. The van der Waals surface area contributed by atoms with E-state index in [1.807, 2.05) is 25.2 Å². The first-order valence-electron chi connectivity index (χ1n) is 6.81. The second-order valence-corrected chi connectivity index (χ2v) is 6.30. The van der Waals surface area contributed by atoms with Gasteiger partial charge in [0.2, 0.25) is 0 Å². The Labute approximate surface area is 137 Å². The van der Waals surface area contributed by atoms with Crippen LogP contribution in [0.2, 0.25) is 0 Å². The van der Waals surface area contributed by atoms with Crippen molar-refractivity contribution in [3.63, 3.8) is 0 Å². The first kappa shape index (κ1) is 14.5. The summed E-state index contributed by atoms with van der Waals surface area (Å²) < 4.78 is 3.34. The van der Waals surface area contributed by atoms with Gasteiger partial charge in [-0.05, 0) is 52.4 Å². The number of halogens is 1. The van der Waals surface area contributed by atoms with E-state index in [2.05, 4.69) is 62.9 Å². The molecule has 108 valence electrons. The van der Waals surface area contributed by atoms with E-state index in [1.54, 1.807) is 0 Å². The van der Waals surface area contributed by atoms with Gasteiger partial charge in [-0.15, -0.1) is 0 Å². The molecule has 4 nitrogen and oxygen atoms in total. The van der Waals surface area contributed by atoms with Crippen LogP contribution in [-0.2, 0) is 13.5 Å². The Bertz CT molecular complexity index is 766. The van der Waals surface area contributed by atoms with Crippen LogP contribution in [0, 0.1) is 3.57 Å². The largest absolute Gasteiger partial charge is 0.331 e. The number of fused-ring (bicyclic) bond motifs is 1. The quantitative estimate of drug-likeness (QED) is 0.408. The Morgan fingerprint density at radius 3 is 2.76 bits per heavy atom. The minimum absolute atomic E-state index is 0.0511. The molecule has 1 heterocycles. The maximum absolute atomic E-state index is 5.76. The van der Waals surface area contributed by atoms with E-state index in [-0.39, 0.29) is 6.04 Å². The molecule has 0 radical (unpaired) electrons. The topological polar surface area (TPSA) is 55.9 Å². The summed E-state index contributed by atoms with van der Waals surface area (Å²) in [5.74, 6) is 6.78. The number of aromatic nitrogens is 2. The summed E-state index contributed by atoms with van der Waals surface area (Å²) in [6, 6.07) is 16.6. The highest BCUT2D eigenvalue weighted by Gasteiger charge is 2.15. The third kappa shape index (κ3) is 2.95. The molecule has 1 aromatic heterocycles. The summed E-state index contributed by atoms with van der Waals surface area (Å²) in [7, 11) is 2.05. The van der Waals surface area contributed by atoms with Gasteiger partial charge in [-0.25, -0.2) is 4.98 Å². The Morgan fingerprint density at radius 2 is 2.05 bits per heavy atom. The molecule has 0 aliphatic carbocycles. The standard InChI is InChI=1S/C16H17IN4/c1-21-15-8-3-2-7-13(15)19-16(21)10-14(20-18)11-5-4-6-12(17)9-11/h2-9,14,20H,10,18H2,1H3. The molecule has 0 amide bonds. The number of nitrogens with two attached hydrogens (primary N) is 1. The molecule has 0 aliphatic rings. The van der Waals surface area contributed by atoms with Crippen LogP contribution in [-0.4, -0.2) is 9.55 Å². The molecule has 3 rings (SSSR count). The van der Waals surface area contributed by atoms with Crippen molar-refractivity contribution in [1.82, 2.24) is 15.0 Å². The molecule has 3 N–H and O–H groups in total. The van der Waals surface area contributed by atoms with Gasteiger partial charge >= 0.3 is 0 Å². The van der Waals surface area contributed by atoms with Gasteiger partial charge in [0.25, 0.3) is 0 Å². The maximum Gasteiger partial charge on any atom is 0.111 e. The molecule has 0 spiro atoms. The number of hydrogen-bond donors (Lipinski definition) is 2. The van der Waals surface area contributed by atoms with Crippen molar-refractivity contribution in [2.24, 2.45) is 12.9 Å². The number of hydrazine groups is 1. The van der Waals surface area contributed by atoms with E-state index in [0.717, 1.165) is 23.3 Å². The van der Waals surface area contributed by atoms with Crippen LogP contribution in [0.4, 0.5) is 0 Å². The van der Waals surface area contributed by atoms with Crippen LogP contribution in [0.1, 0.15) is 17.4 Å². The monoisotopic (exact) mass is 392 g/mol. The fourth-order valence-electron chi connectivity index (χ4n) is 2.56. The van der Waals surface area contributed by atoms with Crippen molar-refractivity contribution < 1.29 is 0 Å². The third-order valence-electron chi connectivity index (χ3n) is 3.72. The average molecular weight is 392 g/mol. The van der Waals surface area contributed by atoms with Crippen LogP contribution in [0.15, 0.2) is 48.5 Å². The van der Waals surface area contributed by atoms with E-state index in [4.69, 9.17) is 10.8 Å². The lowest BCUT2D eigenvalue weighted by atomic mass is 10.0. The fraction of sp³-hybridized carbons (Fsp3) is 0.188. The van der Waals surface area contributed by atoms with Gasteiger partial charge in [0.1, 0.15) is 5.82 Å². The SMILES string of the molecule is Cn1c(CC(NN)c2cccc(I)c2)nc2ccccc21. The third-order valence-corrected chi connectivity index (χ3v) is 4.39. The Morgan fingerprint density at radius 1 is 1.24 bits per heavy atom. The van der Waals surface area contributed by atoms with E-state index in [9.17, 15) is 0 Å². The summed E-state index contributed by atoms with van der Waals surface area (Å²) in [6.45, 7) is 0. The smallest absolute Gasteiger partial charge is 0.111 e. The predicted molar refractivity (Wildman–Crippen MR) is 93.6 cm³/mol. The van der Waals surface area contributed by atoms with Gasteiger partial charge in [0.15, 0.2) is 0 Å². The molecular formula is C16H17IN4. The van der Waals surface area contributed by atoms with Crippen LogP contribution >= 0.6 is 22.6 Å². The van der Waals surface area contributed by atoms with Crippen molar-refractivity contribution in [3.05, 3.63) is 63.5 Å². The second-order valence-electron chi connectivity index (χ2n) is 5.05. The average Bonchev–Trinajstić information content (AvgIpc) is 2.81. The molecule has 21 heavy (non-hydrogen) atoms. The van der Waals surface area contributed by atoms with Crippen LogP contribution in [0.3, 0.4) is 0 Å². The number of para-hydroxylation sites is 2. The highest BCUT2D eigenvalue weighted by atomic mass is 127. The summed E-state index contributed by atoms with van der Waals surface area (Å²) >= 11 is 2.31. The van der Waals surface area contributed by atoms with Crippen molar-refractivity contribution in [2.45, 2.75) is 12.5 Å². The molecule has 1 unspecified atom stereocenters. The molecule has 0 aliphatic heterocycles. The lowest BCUT2D eigenvalue weighted by Crippen LogP contribution is -2.30. The number of rotatable bonds is 4. The molecular weight excluding hydrogens is 375 g/mol. The number of imidazole rings is 1. The molecule has 0 saturated carbocycles. The van der Waals surface area contributed by atoms with Gasteiger partial charge < -0.3 is 4.57 Å². The summed E-state index contributed by atoms with van der Waals surface area (Å²) in [5, 5.41) is 0. The number of aryl methyl sites for hydroxylation is 1. The summed E-state index contributed by atoms with van der Waals surface area (Å²) in [6.07, 6.45) is 0.752. The lowest BCUT2D eigenvalue weighted by molar-refractivity contribution is 0.531. The zero-order valence-electron chi connectivity index (χ0n) is 11.8. The first-order valence-corrected chi connectivity index (χ1v) is 7.89. The minimum Gasteiger partial charge on any atom is -0.331 e. The minimum atomic E-state index is 0.0511. The molecule has 0 bridgehead atoms. The van der Waals surface area contributed by atoms with Crippen molar-refractivity contribution in [1.29, 1.82) is 0 Å². The van der Waals surface area contributed by atoms with Crippen LogP contribution < -0.4 is 11.3 Å². The van der Waals surface area contributed by atoms with E-state index in [0.29, 0.717) is 0 Å². The molecule has 0 fully saturated rings. The van der Waals surface area contributed by atoms with Crippen LogP contribution in [0.25, 0.3) is 11.0 Å². The Kier molecular flexibility index (Phi) is 4.23. The highest BCUT2D eigenvalue weighted by Crippen LogP contribution is 2.22. The zero-order chi connectivity index (χ0) is 14.8. The number of benzene rings is 2. The van der Waals surface area contributed by atoms with Gasteiger partial charge in [-0.3, -0.25) is 11.3 Å². The van der Waals surface area contributed by atoms with Gasteiger partial charge in [0.05, 0.1) is 17.1 Å². The van der Waals surface area contributed by atoms with Gasteiger partial charge in [-0.1, -0.05) is 24.3 Å². The summed E-state index contributed by atoms with van der Waals surface area (Å²) in [4.78, 5) is 4.71. The molecule has 1 atom stereocenters. The lowest BCUT2D eigenvalue weighted by Gasteiger charge is -2.16. The van der Waals surface area contributed by atoms with E-state index < -0.39 is 0 Å². The van der Waals surface area contributed by atoms with Gasteiger partial charge in [-0.2, -0.15) is 0 Å². The van der Waals surface area contributed by atoms with Gasteiger partial charge in [0, 0.05) is 17.0 Å². The Balaban J connectivity index is 1.94. The van der Waals surface area contributed by atoms with E-state index in [1.165, 1.54) is 9.13 Å². The van der Waals surface area contributed by atoms with Crippen molar-refractivity contribution in [2.75, 3.05) is 0 Å². The van der Waals surface area contributed by atoms with Crippen molar-refractivity contribution >= 4 is 33.6 Å². The fourth-order valence-corrected chi connectivity index (χ4v) is 3.12. The Hall–Kier alpha value is -1.44. The summed E-state index contributed by atoms with van der Waals surface area (Å²) in [5.41, 5.74) is 6.25. The number of hydrogen-bond acceptors (Lipinski definition) is 3.